The lowest BCUT2D eigenvalue weighted by atomic mass is 10.1. The predicted octanol–water partition coefficient (Wildman–Crippen LogP) is 0.472. The van der Waals surface area contributed by atoms with Gasteiger partial charge in [0.25, 0.3) is 0 Å². The van der Waals surface area contributed by atoms with Crippen molar-refractivity contribution >= 4 is 22.6 Å². The minimum atomic E-state index is -1.45. The summed E-state index contributed by atoms with van der Waals surface area (Å²) in [5, 5.41) is 8.82. The molecule has 25 heavy (non-hydrogen) atoms. The topological polar surface area (TPSA) is 115 Å². The molecule has 1 aliphatic rings. The number of halogens is 2. The summed E-state index contributed by atoms with van der Waals surface area (Å²) >= 11 is 0. The van der Waals surface area contributed by atoms with Gasteiger partial charge in [0.15, 0.2) is 5.82 Å². The second-order valence-corrected chi connectivity index (χ2v) is 6.11. The molecule has 9 heteroatoms. The summed E-state index contributed by atoms with van der Waals surface area (Å²) in [6.45, 7) is 2.24. The van der Waals surface area contributed by atoms with E-state index < -0.39 is 40.7 Å². The van der Waals surface area contributed by atoms with E-state index in [9.17, 15) is 14.0 Å². The van der Waals surface area contributed by atoms with Crippen molar-refractivity contribution in [2.45, 2.75) is 25.6 Å². The molecular weight excluding hydrogens is 334 g/mol. The van der Waals surface area contributed by atoms with Gasteiger partial charge in [-0.15, -0.1) is 0 Å². The van der Waals surface area contributed by atoms with Crippen molar-refractivity contribution in [2.75, 3.05) is 18.0 Å². The molecule has 134 valence electrons. The molecule has 1 saturated heterocycles. The highest BCUT2D eigenvalue weighted by atomic mass is 19.1. The fraction of sp³-hybridized carbons (Fsp3) is 0.375. The van der Waals surface area contributed by atoms with E-state index in [-0.39, 0.29) is 36.2 Å². The third kappa shape index (κ3) is 2.65. The van der Waals surface area contributed by atoms with Gasteiger partial charge < -0.3 is 26.0 Å². The van der Waals surface area contributed by atoms with Crippen molar-refractivity contribution in [1.29, 1.82) is 0 Å². The Bertz CT molecular complexity index is 918. The Morgan fingerprint density at radius 1 is 1.32 bits per heavy atom. The maximum atomic E-state index is 15.1. The minimum absolute atomic E-state index is 0.136. The molecule has 0 saturated carbocycles. The van der Waals surface area contributed by atoms with E-state index in [2.05, 4.69) is 0 Å². The first kappa shape index (κ1) is 17.3. The van der Waals surface area contributed by atoms with Crippen molar-refractivity contribution in [2.24, 2.45) is 11.5 Å². The number of carboxylic acids is 1. The number of pyridine rings is 1. The molecule has 1 aromatic carbocycles. The fourth-order valence-electron chi connectivity index (χ4n) is 3.21. The number of benzene rings is 1. The molecule has 0 bridgehead atoms. The maximum Gasteiger partial charge on any atom is 0.341 e. The number of aryl methyl sites for hydroxylation is 1. The van der Waals surface area contributed by atoms with Crippen molar-refractivity contribution in [3.05, 3.63) is 39.7 Å². The molecule has 2 aromatic rings. The van der Waals surface area contributed by atoms with Gasteiger partial charge in [0, 0.05) is 37.9 Å². The van der Waals surface area contributed by atoms with Gasteiger partial charge in [-0.25, -0.2) is 13.6 Å². The van der Waals surface area contributed by atoms with Crippen molar-refractivity contribution in [3.63, 3.8) is 0 Å². The summed E-state index contributed by atoms with van der Waals surface area (Å²) in [5.74, 6) is -3.32. The van der Waals surface area contributed by atoms with Gasteiger partial charge in [-0.2, -0.15) is 0 Å². The van der Waals surface area contributed by atoms with Gasteiger partial charge in [-0.1, -0.05) is 0 Å². The Kier molecular flexibility index (Phi) is 4.21. The normalized spacial score (nSPS) is 20.4. The van der Waals surface area contributed by atoms with Crippen LogP contribution in [0.1, 0.15) is 17.3 Å². The number of anilines is 1. The summed E-state index contributed by atoms with van der Waals surface area (Å²) in [6.07, 6.45) is 1.07. The number of nitrogens with two attached hydrogens (primary N) is 2. The zero-order valence-corrected chi connectivity index (χ0v) is 13.5. The third-order valence-electron chi connectivity index (χ3n) is 4.53. The summed E-state index contributed by atoms with van der Waals surface area (Å²) < 4.78 is 31.0. The molecule has 1 aromatic heterocycles. The summed E-state index contributed by atoms with van der Waals surface area (Å²) in [4.78, 5) is 24.9. The first-order valence-corrected chi connectivity index (χ1v) is 7.80. The standard InChI is InChI=1S/C16H18F2N4O3/c1-2-21-4-8(16(24)25)15(23)7-3-9(17)14(12(18)13(7)21)22-5-10(19)11(20)6-22/h3-4,10-11H,2,5-6,19-20H2,1H3,(H,24,25)/t10-,11-/m1/s1. The Hall–Kier alpha value is -2.52. The van der Waals surface area contributed by atoms with Crippen LogP contribution in [-0.2, 0) is 6.54 Å². The van der Waals surface area contributed by atoms with Crippen LogP contribution in [0.5, 0.6) is 0 Å². The number of fused-ring (bicyclic) bond motifs is 1. The lowest BCUT2D eigenvalue weighted by Gasteiger charge is -2.22. The minimum Gasteiger partial charge on any atom is -0.477 e. The Morgan fingerprint density at radius 3 is 2.44 bits per heavy atom. The second kappa shape index (κ2) is 6.08. The smallest absolute Gasteiger partial charge is 0.341 e. The number of hydrogen-bond donors (Lipinski definition) is 3. The largest absolute Gasteiger partial charge is 0.477 e. The second-order valence-electron chi connectivity index (χ2n) is 6.11. The lowest BCUT2D eigenvalue weighted by Crippen LogP contribution is -2.39. The van der Waals surface area contributed by atoms with Crippen LogP contribution in [-0.4, -0.2) is 40.8 Å². The molecule has 1 aliphatic heterocycles. The van der Waals surface area contributed by atoms with Crippen LogP contribution < -0.4 is 21.8 Å². The molecule has 0 radical (unpaired) electrons. The maximum absolute atomic E-state index is 15.1. The fourth-order valence-corrected chi connectivity index (χ4v) is 3.21. The van der Waals surface area contributed by atoms with Gasteiger partial charge >= 0.3 is 5.97 Å². The van der Waals surface area contributed by atoms with E-state index in [1.165, 1.54) is 9.47 Å². The summed E-state index contributed by atoms with van der Waals surface area (Å²) in [6, 6.07) is 0.0406. The third-order valence-corrected chi connectivity index (χ3v) is 4.53. The predicted molar refractivity (Wildman–Crippen MR) is 88.9 cm³/mol. The van der Waals surface area contributed by atoms with E-state index in [0.29, 0.717) is 0 Å². The zero-order chi connectivity index (χ0) is 18.5. The van der Waals surface area contributed by atoms with Gasteiger partial charge in [0.05, 0.1) is 10.9 Å². The van der Waals surface area contributed by atoms with Crippen LogP contribution in [0.2, 0.25) is 0 Å². The number of hydrogen-bond acceptors (Lipinski definition) is 5. The number of aromatic carboxylic acids is 1. The van der Waals surface area contributed by atoms with Gasteiger partial charge in [0.2, 0.25) is 5.43 Å². The number of carboxylic acid groups (broad SMARTS) is 1. The molecule has 1 fully saturated rings. The number of carbonyl (C=O) groups is 1. The highest BCUT2D eigenvalue weighted by Gasteiger charge is 2.32. The van der Waals surface area contributed by atoms with E-state index in [0.717, 1.165) is 12.3 Å². The van der Waals surface area contributed by atoms with Crippen molar-refractivity contribution < 1.29 is 18.7 Å². The van der Waals surface area contributed by atoms with Crippen LogP contribution in [0.3, 0.4) is 0 Å². The number of aromatic nitrogens is 1. The molecule has 0 spiro atoms. The van der Waals surface area contributed by atoms with Crippen LogP contribution in [0.25, 0.3) is 10.9 Å². The van der Waals surface area contributed by atoms with Crippen molar-refractivity contribution in [3.8, 4) is 0 Å². The van der Waals surface area contributed by atoms with E-state index in [4.69, 9.17) is 16.6 Å². The van der Waals surface area contributed by atoms with Crippen LogP contribution in [0.4, 0.5) is 14.5 Å². The van der Waals surface area contributed by atoms with Gasteiger partial charge in [-0.05, 0) is 13.0 Å². The summed E-state index contributed by atoms with van der Waals surface area (Å²) in [5.41, 5.74) is 9.74. The van der Waals surface area contributed by atoms with E-state index in [1.807, 2.05) is 0 Å². The Morgan fingerprint density at radius 2 is 1.92 bits per heavy atom. The highest BCUT2D eigenvalue weighted by Crippen LogP contribution is 2.31. The average molecular weight is 352 g/mol. The molecule has 0 unspecified atom stereocenters. The highest BCUT2D eigenvalue weighted by molar-refractivity contribution is 5.93. The monoisotopic (exact) mass is 352 g/mol. The molecular formula is C16H18F2N4O3. The molecule has 0 aliphatic carbocycles. The lowest BCUT2D eigenvalue weighted by molar-refractivity contribution is 0.0695. The van der Waals surface area contributed by atoms with Gasteiger partial charge in [-0.3, -0.25) is 4.79 Å². The van der Waals surface area contributed by atoms with E-state index in [1.54, 1.807) is 6.92 Å². The van der Waals surface area contributed by atoms with Crippen LogP contribution >= 0.6 is 0 Å². The Labute approximate surface area is 141 Å². The molecule has 0 amide bonds. The number of rotatable bonds is 3. The van der Waals surface area contributed by atoms with Crippen LogP contribution in [0, 0.1) is 11.6 Å². The molecule has 5 N–H and O–H groups in total. The summed E-state index contributed by atoms with van der Waals surface area (Å²) in [7, 11) is 0. The Balaban J connectivity index is 2.32. The average Bonchev–Trinajstić information content (AvgIpc) is 2.86. The first-order valence-electron chi connectivity index (χ1n) is 7.80. The number of nitrogens with zero attached hydrogens (tertiary/aromatic N) is 2. The molecule has 3 rings (SSSR count). The van der Waals surface area contributed by atoms with Crippen LogP contribution in [0.15, 0.2) is 17.1 Å². The van der Waals surface area contributed by atoms with E-state index >= 15 is 4.39 Å². The van der Waals surface area contributed by atoms with Crippen molar-refractivity contribution in [1.82, 2.24) is 4.57 Å². The first-order chi connectivity index (χ1) is 11.8. The quantitative estimate of drug-likeness (QED) is 0.740. The molecule has 7 nitrogen and oxygen atoms in total. The molecule has 2 atom stereocenters. The zero-order valence-electron chi connectivity index (χ0n) is 13.5. The molecule has 2 heterocycles. The SMILES string of the molecule is CCn1cc(C(=O)O)c(=O)c2cc(F)c(N3C[C@@H](N)[C@H](N)C3)c(F)c21. The van der Waals surface area contributed by atoms with Gasteiger partial charge in [0.1, 0.15) is 17.1 Å².